The number of nitrogens with zero attached hydrogens (tertiary/aromatic N) is 2. The molecule has 1 aromatic rings. The fourth-order valence-electron chi connectivity index (χ4n) is 1.39. The van der Waals surface area contributed by atoms with Gasteiger partial charge >= 0.3 is 0 Å². The molecule has 1 aromatic heterocycles. The molecule has 0 aromatic carbocycles. The molecule has 0 aliphatic rings. The van der Waals surface area contributed by atoms with Crippen molar-refractivity contribution in [3.8, 4) is 0 Å². The Morgan fingerprint density at radius 1 is 1.44 bits per heavy atom. The van der Waals surface area contributed by atoms with E-state index in [-0.39, 0.29) is 10.8 Å². The molecular formula is C12H20BrN3OS. The van der Waals surface area contributed by atoms with Gasteiger partial charge in [-0.2, -0.15) is 0 Å². The van der Waals surface area contributed by atoms with E-state index >= 15 is 0 Å². The monoisotopic (exact) mass is 333 g/mol. The zero-order chi connectivity index (χ0) is 13.8. The van der Waals surface area contributed by atoms with Crippen molar-refractivity contribution in [2.75, 3.05) is 0 Å². The van der Waals surface area contributed by atoms with Crippen molar-refractivity contribution in [3.63, 3.8) is 0 Å². The van der Waals surface area contributed by atoms with Gasteiger partial charge in [0.05, 0.1) is 39.9 Å². The Balaban J connectivity index is 2.87. The molecule has 0 bridgehead atoms. The first-order valence-corrected chi connectivity index (χ1v) is 7.94. The van der Waals surface area contributed by atoms with Gasteiger partial charge in [0.15, 0.2) is 0 Å². The van der Waals surface area contributed by atoms with Crippen molar-refractivity contribution in [2.45, 2.75) is 51.3 Å². The predicted octanol–water partition coefficient (Wildman–Crippen LogP) is 3.13. The Labute approximate surface area is 120 Å². The number of aromatic nitrogens is 2. The van der Waals surface area contributed by atoms with Crippen LogP contribution < -0.4 is 4.72 Å². The first-order valence-electron chi connectivity index (χ1n) is 6.00. The first-order chi connectivity index (χ1) is 8.34. The summed E-state index contributed by atoms with van der Waals surface area (Å²) in [5, 5.41) is 0. The van der Waals surface area contributed by atoms with E-state index in [4.69, 9.17) is 0 Å². The molecule has 0 radical (unpaired) electrons. The SMILES string of the molecule is CCC[C@H](NS(=O)C(C)(C)C)c1cncc(Br)n1. The lowest BCUT2D eigenvalue weighted by atomic mass is 10.1. The highest BCUT2D eigenvalue weighted by atomic mass is 79.9. The van der Waals surface area contributed by atoms with Crippen LogP contribution in [0.3, 0.4) is 0 Å². The van der Waals surface area contributed by atoms with Crippen molar-refractivity contribution < 1.29 is 4.21 Å². The molecule has 1 heterocycles. The van der Waals surface area contributed by atoms with Gasteiger partial charge in [-0.1, -0.05) is 13.3 Å². The lowest BCUT2D eigenvalue weighted by Gasteiger charge is -2.23. The van der Waals surface area contributed by atoms with Crippen LogP contribution in [0.5, 0.6) is 0 Å². The summed E-state index contributed by atoms with van der Waals surface area (Å²) in [6.07, 6.45) is 5.24. The Morgan fingerprint density at radius 2 is 2.11 bits per heavy atom. The molecule has 1 unspecified atom stereocenters. The summed E-state index contributed by atoms with van der Waals surface area (Å²) in [4.78, 5) is 8.49. The first kappa shape index (κ1) is 15.7. The van der Waals surface area contributed by atoms with Crippen molar-refractivity contribution in [1.29, 1.82) is 0 Å². The second-order valence-electron chi connectivity index (χ2n) is 5.11. The van der Waals surface area contributed by atoms with Crippen molar-refractivity contribution in [1.82, 2.24) is 14.7 Å². The van der Waals surface area contributed by atoms with E-state index < -0.39 is 11.0 Å². The average molecular weight is 334 g/mol. The van der Waals surface area contributed by atoms with E-state index in [9.17, 15) is 4.21 Å². The summed E-state index contributed by atoms with van der Waals surface area (Å²) in [5.74, 6) is 0. The maximum Gasteiger partial charge on any atom is 0.124 e. The molecule has 0 fully saturated rings. The third-order valence-corrected chi connectivity index (χ3v) is 4.36. The van der Waals surface area contributed by atoms with Gasteiger partial charge in [0.1, 0.15) is 4.60 Å². The highest BCUT2D eigenvalue weighted by Crippen LogP contribution is 2.20. The summed E-state index contributed by atoms with van der Waals surface area (Å²) in [6.45, 7) is 7.95. The van der Waals surface area contributed by atoms with Gasteiger partial charge in [-0.15, -0.1) is 0 Å². The molecule has 0 aliphatic carbocycles. The van der Waals surface area contributed by atoms with Crippen LogP contribution in [0.15, 0.2) is 17.0 Å². The Bertz CT molecular complexity index is 420. The highest BCUT2D eigenvalue weighted by Gasteiger charge is 2.24. The van der Waals surface area contributed by atoms with Gasteiger partial charge < -0.3 is 0 Å². The highest BCUT2D eigenvalue weighted by molar-refractivity contribution is 9.10. The largest absolute Gasteiger partial charge is 0.260 e. The van der Waals surface area contributed by atoms with Crippen LogP contribution in [0.2, 0.25) is 0 Å². The summed E-state index contributed by atoms with van der Waals surface area (Å²) in [6, 6.07) is -0.0277. The van der Waals surface area contributed by atoms with Crippen LogP contribution in [-0.4, -0.2) is 18.9 Å². The molecule has 0 amide bonds. The Morgan fingerprint density at radius 3 is 2.61 bits per heavy atom. The standard InChI is InChI=1S/C12H20BrN3OS/c1-5-6-9(16-18(17)12(2,3)4)10-7-14-8-11(13)15-10/h7-9,16H,5-6H2,1-4H3/t9-,18?/m0/s1. The molecule has 0 aliphatic heterocycles. The number of hydrogen-bond acceptors (Lipinski definition) is 3. The molecule has 4 nitrogen and oxygen atoms in total. The second kappa shape index (κ2) is 6.73. The lowest BCUT2D eigenvalue weighted by molar-refractivity contribution is 0.552. The zero-order valence-corrected chi connectivity index (χ0v) is 13.6. The van der Waals surface area contributed by atoms with Crippen molar-refractivity contribution in [2.24, 2.45) is 0 Å². The molecule has 102 valence electrons. The van der Waals surface area contributed by atoms with Crippen LogP contribution >= 0.6 is 15.9 Å². The lowest BCUT2D eigenvalue weighted by Crippen LogP contribution is -2.36. The molecule has 18 heavy (non-hydrogen) atoms. The topological polar surface area (TPSA) is 54.9 Å². The molecule has 0 saturated carbocycles. The van der Waals surface area contributed by atoms with E-state index in [1.165, 1.54) is 0 Å². The summed E-state index contributed by atoms with van der Waals surface area (Å²) in [5.41, 5.74) is 0.823. The third-order valence-electron chi connectivity index (χ3n) is 2.36. The van der Waals surface area contributed by atoms with Gasteiger partial charge in [0.25, 0.3) is 0 Å². The van der Waals surface area contributed by atoms with E-state index in [2.05, 4.69) is 37.5 Å². The van der Waals surface area contributed by atoms with E-state index in [0.29, 0.717) is 4.60 Å². The van der Waals surface area contributed by atoms with Gasteiger partial charge in [0, 0.05) is 0 Å². The molecule has 0 saturated heterocycles. The van der Waals surface area contributed by atoms with Gasteiger partial charge in [-0.25, -0.2) is 13.9 Å². The third kappa shape index (κ3) is 4.74. The Hall–Kier alpha value is -0.330. The van der Waals surface area contributed by atoms with Crippen molar-refractivity contribution in [3.05, 3.63) is 22.7 Å². The minimum atomic E-state index is -1.11. The van der Waals surface area contributed by atoms with Crippen LogP contribution in [0.25, 0.3) is 0 Å². The second-order valence-corrected chi connectivity index (χ2v) is 7.92. The smallest absolute Gasteiger partial charge is 0.124 e. The average Bonchev–Trinajstić information content (AvgIpc) is 2.27. The van der Waals surface area contributed by atoms with E-state index in [0.717, 1.165) is 18.5 Å². The maximum absolute atomic E-state index is 12.1. The minimum Gasteiger partial charge on any atom is -0.260 e. The Kier molecular flexibility index (Phi) is 5.88. The van der Waals surface area contributed by atoms with Crippen molar-refractivity contribution >= 4 is 26.9 Å². The maximum atomic E-state index is 12.1. The van der Waals surface area contributed by atoms with Crippen LogP contribution in [0, 0.1) is 0 Å². The molecule has 1 N–H and O–H groups in total. The molecule has 1 rings (SSSR count). The molecular weight excluding hydrogens is 314 g/mol. The summed E-state index contributed by atoms with van der Waals surface area (Å²) in [7, 11) is -1.11. The van der Waals surface area contributed by atoms with Crippen LogP contribution in [0.1, 0.15) is 52.3 Å². The van der Waals surface area contributed by atoms with Gasteiger partial charge in [-0.3, -0.25) is 4.98 Å². The van der Waals surface area contributed by atoms with E-state index in [1.54, 1.807) is 12.4 Å². The van der Waals surface area contributed by atoms with Crippen LogP contribution in [0.4, 0.5) is 0 Å². The fourth-order valence-corrected chi connectivity index (χ4v) is 2.56. The minimum absolute atomic E-state index is 0.0277. The number of halogens is 1. The summed E-state index contributed by atoms with van der Waals surface area (Å²) >= 11 is 3.31. The number of nitrogens with one attached hydrogen (secondary N) is 1. The molecule has 0 spiro atoms. The number of hydrogen-bond donors (Lipinski definition) is 1. The van der Waals surface area contributed by atoms with Gasteiger partial charge in [-0.05, 0) is 43.1 Å². The normalized spacial score (nSPS) is 15.4. The fraction of sp³-hybridized carbons (Fsp3) is 0.667. The quantitative estimate of drug-likeness (QED) is 0.900. The predicted molar refractivity (Wildman–Crippen MR) is 78.4 cm³/mol. The zero-order valence-electron chi connectivity index (χ0n) is 11.2. The van der Waals surface area contributed by atoms with Gasteiger partial charge in [0.2, 0.25) is 0 Å². The van der Waals surface area contributed by atoms with E-state index in [1.807, 2.05) is 20.8 Å². The summed E-state index contributed by atoms with van der Waals surface area (Å²) < 4.78 is 15.7. The van der Waals surface area contributed by atoms with Crippen LogP contribution in [-0.2, 0) is 11.0 Å². The molecule has 2 atom stereocenters. The molecule has 6 heteroatoms. The number of rotatable bonds is 5.